The number of hydrogen-bond donors (Lipinski definition) is 2. The smallest absolute Gasteiger partial charge is 0.271 e. The van der Waals surface area contributed by atoms with E-state index in [4.69, 9.17) is 0 Å². The van der Waals surface area contributed by atoms with E-state index < -0.39 is 10.0 Å². The molecular formula is C15H20N4O3S. The number of rotatable bonds is 7. The Labute approximate surface area is 135 Å². The predicted octanol–water partition coefficient (Wildman–Crippen LogP) is 0.907. The molecule has 124 valence electrons. The number of amides is 1. The van der Waals surface area contributed by atoms with Crippen LogP contribution in [0.4, 0.5) is 0 Å². The summed E-state index contributed by atoms with van der Waals surface area (Å²) in [5.41, 5.74) is 0.337. The summed E-state index contributed by atoms with van der Waals surface area (Å²) in [5.74, 6) is -0.274. The van der Waals surface area contributed by atoms with Gasteiger partial charge in [0, 0.05) is 25.8 Å². The minimum atomic E-state index is -3.51. The number of benzene rings is 1. The van der Waals surface area contributed by atoms with Crippen LogP contribution in [-0.2, 0) is 17.1 Å². The van der Waals surface area contributed by atoms with Crippen molar-refractivity contribution in [3.8, 4) is 0 Å². The van der Waals surface area contributed by atoms with Gasteiger partial charge in [0.2, 0.25) is 10.0 Å². The largest absolute Gasteiger partial charge is 0.348 e. The molecule has 0 radical (unpaired) electrons. The van der Waals surface area contributed by atoms with E-state index in [2.05, 4.69) is 15.0 Å². The molecule has 0 aliphatic heterocycles. The van der Waals surface area contributed by atoms with Crippen LogP contribution in [-0.4, -0.2) is 36.5 Å². The molecule has 0 saturated heterocycles. The highest BCUT2D eigenvalue weighted by Crippen LogP contribution is 2.07. The fourth-order valence-corrected chi connectivity index (χ4v) is 3.06. The maximum Gasteiger partial charge on any atom is 0.271 e. The first-order chi connectivity index (χ1) is 10.9. The van der Waals surface area contributed by atoms with Gasteiger partial charge in [-0.05, 0) is 25.5 Å². The van der Waals surface area contributed by atoms with E-state index in [-0.39, 0.29) is 23.4 Å². The lowest BCUT2D eigenvalue weighted by Crippen LogP contribution is -2.36. The van der Waals surface area contributed by atoms with Crippen molar-refractivity contribution in [2.75, 3.05) is 6.54 Å². The van der Waals surface area contributed by atoms with Crippen LogP contribution in [0.3, 0.4) is 0 Å². The standard InChI is InChI=1S/C15H20N4O3S/c1-12(18-15(20)14-10-19(2)11-16-14)8-9-17-23(21,22)13-6-4-3-5-7-13/h3-7,10-12,17H,8-9H2,1-2H3,(H,18,20)/t12-/m1/s1. The summed E-state index contributed by atoms with van der Waals surface area (Å²) >= 11 is 0. The molecule has 2 aromatic rings. The van der Waals surface area contributed by atoms with Gasteiger partial charge in [0.05, 0.1) is 11.2 Å². The summed E-state index contributed by atoms with van der Waals surface area (Å²) in [7, 11) is -1.73. The van der Waals surface area contributed by atoms with Gasteiger partial charge in [-0.15, -0.1) is 0 Å². The van der Waals surface area contributed by atoms with Gasteiger partial charge < -0.3 is 9.88 Å². The Balaban J connectivity index is 1.81. The number of aryl methyl sites for hydroxylation is 1. The van der Waals surface area contributed by atoms with Crippen LogP contribution in [0, 0.1) is 0 Å². The third-order valence-electron chi connectivity index (χ3n) is 3.24. The number of carbonyl (C=O) groups is 1. The molecule has 1 aromatic heterocycles. The van der Waals surface area contributed by atoms with Crippen LogP contribution in [0.1, 0.15) is 23.8 Å². The van der Waals surface area contributed by atoms with E-state index in [1.807, 2.05) is 6.92 Å². The minimum Gasteiger partial charge on any atom is -0.348 e. The van der Waals surface area contributed by atoms with E-state index in [0.29, 0.717) is 12.1 Å². The second-order valence-corrected chi connectivity index (χ2v) is 7.07. The molecule has 1 atom stereocenters. The van der Waals surface area contributed by atoms with Crippen LogP contribution in [0.5, 0.6) is 0 Å². The monoisotopic (exact) mass is 336 g/mol. The Morgan fingerprint density at radius 3 is 2.61 bits per heavy atom. The van der Waals surface area contributed by atoms with Gasteiger partial charge in [-0.3, -0.25) is 4.79 Å². The SMILES string of the molecule is C[C@H](CCNS(=O)(=O)c1ccccc1)NC(=O)c1cn(C)cn1. The molecule has 0 aliphatic carbocycles. The van der Waals surface area contributed by atoms with Gasteiger partial charge >= 0.3 is 0 Å². The highest BCUT2D eigenvalue weighted by molar-refractivity contribution is 7.89. The first-order valence-electron chi connectivity index (χ1n) is 7.22. The van der Waals surface area contributed by atoms with Gasteiger partial charge in [0.15, 0.2) is 0 Å². The summed E-state index contributed by atoms with van der Waals surface area (Å²) in [5, 5.41) is 2.79. The number of carbonyl (C=O) groups excluding carboxylic acids is 1. The number of aromatic nitrogens is 2. The number of hydrogen-bond acceptors (Lipinski definition) is 4. The number of imidazole rings is 1. The molecule has 0 spiro atoms. The second kappa shape index (κ2) is 7.38. The maximum absolute atomic E-state index is 12.0. The Hall–Kier alpha value is -2.19. The molecule has 2 rings (SSSR count). The molecule has 7 nitrogen and oxygen atoms in total. The third-order valence-corrected chi connectivity index (χ3v) is 4.71. The molecule has 0 saturated carbocycles. The second-order valence-electron chi connectivity index (χ2n) is 5.30. The van der Waals surface area contributed by atoms with Crippen LogP contribution < -0.4 is 10.0 Å². The fourth-order valence-electron chi connectivity index (χ4n) is 1.99. The molecule has 0 bridgehead atoms. The summed E-state index contributed by atoms with van der Waals surface area (Å²) in [4.78, 5) is 16.1. The lowest BCUT2D eigenvalue weighted by Gasteiger charge is -2.13. The van der Waals surface area contributed by atoms with E-state index in [1.54, 1.807) is 42.3 Å². The van der Waals surface area contributed by atoms with Crippen molar-refractivity contribution in [2.24, 2.45) is 7.05 Å². The summed E-state index contributed by atoms with van der Waals surface area (Å²) < 4.78 is 28.3. The molecule has 0 unspecified atom stereocenters. The number of nitrogens with one attached hydrogen (secondary N) is 2. The fraction of sp³-hybridized carbons (Fsp3) is 0.333. The Bertz CT molecular complexity index is 756. The molecule has 8 heteroatoms. The average Bonchev–Trinajstić information content (AvgIpc) is 2.94. The van der Waals surface area contributed by atoms with Crippen LogP contribution in [0.2, 0.25) is 0 Å². The predicted molar refractivity (Wildman–Crippen MR) is 86.4 cm³/mol. The molecule has 2 N–H and O–H groups in total. The van der Waals surface area contributed by atoms with E-state index >= 15 is 0 Å². The lowest BCUT2D eigenvalue weighted by molar-refractivity contribution is 0.0934. The Morgan fingerprint density at radius 1 is 1.30 bits per heavy atom. The highest BCUT2D eigenvalue weighted by atomic mass is 32.2. The van der Waals surface area contributed by atoms with Crippen molar-refractivity contribution in [2.45, 2.75) is 24.3 Å². The first kappa shape index (κ1) is 17.2. The molecule has 0 fully saturated rings. The van der Waals surface area contributed by atoms with Crippen molar-refractivity contribution in [3.63, 3.8) is 0 Å². The van der Waals surface area contributed by atoms with Gasteiger partial charge in [0.25, 0.3) is 5.91 Å². The van der Waals surface area contributed by atoms with Crippen molar-refractivity contribution >= 4 is 15.9 Å². The lowest BCUT2D eigenvalue weighted by atomic mass is 10.2. The van der Waals surface area contributed by atoms with Crippen molar-refractivity contribution in [1.82, 2.24) is 19.6 Å². The van der Waals surface area contributed by atoms with Crippen molar-refractivity contribution in [3.05, 3.63) is 48.5 Å². The van der Waals surface area contributed by atoms with Gasteiger partial charge in [-0.2, -0.15) is 0 Å². The van der Waals surface area contributed by atoms with E-state index in [0.717, 1.165) is 0 Å². The molecule has 1 aromatic carbocycles. The average molecular weight is 336 g/mol. The molecule has 1 heterocycles. The number of sulfonamides is 1. The van der Waals surface area contributed by atoms with Gasteiger partial charge in [-0.25, -0.2) is 18.1 Å². The quantitative estimate of drug-likeness (QED) is 0.786. The van der Waals surface area contributed by atoms with Crippen LogP contribution in [0.15, 0.2) is 47.8 Å². The topological polar surface area (TPSA) is 93.1 Å². The summed E-state index contributed by atoms with van der Waals surface area (Å²) in [6.45, 7) is 2.05. The zero-order valence-corrected chi connectivity index (χ0v) is 13.9. The van der Waals surface area contributed by atoms with Crippen molar-refractivity contribution < 1.29 is 13.2 Å². The third kappa shape index (κ3) is 4.90. The minimum absolute atomic E-state index is 0.178. The molecule has 0 aliphatic rings. The molecular weight excluding hydrogens is 316 g/mol. The summed E-state index contributed by atoms with van der Waals surface area (Å²) in [6, 6.07) is 7.99. The van der Waals surface area contributed by atoms with Crippen LogP contribution in [0.25, 0.3) is 0 Å². The Kier molecular flexibility index (Phi) is 5.51. The van der Waals surface area contributed by atoms with Crippen molar-refractivity contribution in [1.29, 1.82) is 0 Å². The first-order valence-corrected chi connectivity index (χ1v) is 8.70. The van der Waals surface area contributed by atoms with Gasteiger partial charge in [0.1, 0.15) is 5.69 Å². The van der Waals surface area contributed by atoms with E-state index in [1.165, 1.54) is 12.1 Å². The van der Waals surface area contributed by atoms with E-state index in [9.17, 15) is 13.2 Å². The zero-order valence-electron chi connectivity index (χ0n) is 13.1. The summed E-state index contributed by atoms with van der Waals surface area (Å²) in [6.07, 6.45) is 3.65. The molecule has 1 amide bonds. The zero-order chi connectivity index (χ0) is 16.9. The maximum atomic E-state index is 12.0. The molecule has 23 heavy (non-hydrogen) atoms. The van der Waals surface area contributed by atoms with Crippen LogP contribution >= 0.6 is 0 Å². The Morgan fingerprint density at radius 2 is 2.00 bits per heavy atom. The normalized spacial score (nSPS) is 12.8. The van der Waals surface area contributed by atoms with Gasteiger partial charge in [-0.1, -0.05) is 18.2 Å². The number of nitrogens with zero attached hydrogens (tertiary/aromatic N) is 2. The highest BCUT2D eigenvalue weighted by Gasteiger charge is 2.15.